The Morgan fingerprint density at radius 3 is 1.94 bits per heavy atom. The third-order valence-corrected chi connectivity index (χ3v) is 13.5. The number of ether oxygens (including phenoxy) is 6. The molecule has 5 aromatic rings. The number of carbonyl (C=O) groups excluding carboxylic acids is 1. The lowest BCUT2D eigenvalue weighted by Gasteiger charge is -2.41. The molecule has 6 atom stereocenters. The second-order valence-electron chi connectivity index (χ2n) is 16.6. The Morgan fingerprint density at radius 1 is 0.857 bits per heavy atom. The average molecular weight is 1010 g/mol. The fourth-order valence-corrected chi connectivity index (χ4v) is 9.90. The molecule has 1 aliphatic rings. The van der Waals surface area contributed by atoms with Crippen LogP contribution in [0.3, 0.4) is 0 Å². The summed E-state index contributed by atoms with van der Waals surface area (Å²) in [5, 5.41) is 9.53. The number of nitrogens with two attached hydrogens (primary N) is 1. The van der Waals surface area contributed by atoms with E-state index in [2.05, 4.69) is 15.0 Å². The lowest BCUT2D eigenvalue weighted by atomic mass is 9.79. The largest absolute Gasteiger partial charge is 0.497 e. The number of methoxy groups -OCH3 is 2. The van der Waals surface area contributed by atoms with Crippen LogP contribution in [0.15, 0.2) is 91.5 Å². The number of Topliss-reactive ketones (excluding diaryl/α,β-unsaturated/α-hetero) is 1. The Bertz CT molecular complexity index is 2450. The standard InChI is InChI=1S/C47H54F6N7O9P/c1-28(2)60(29(3)4)70(66-23-11-22-54)69-40-39(67-44(59-26-58-37-42(55)56-25-57-43(37)59)41(40)65-27-64-24-36(46(48,49)50)47(51,52)53)38(30(5)61)68-45(31-12-9-8-10-13-31,32-14-18-34(62-6)19-15-32)33-16-20-35(63-7)21-17-33/h8-10,12-21,25-26,28-29,36,38-41,44H,11,23-24,27H2,1-7H3,(H2,55,56,57)/t38?,39-,40+,41-,44-,70?/m1/s1. The number of nitrogens with zero attached hydrogens (tertiary/aromatic N) is 6. The summed E-state index contributed by atoms with van der Waals surface area (Å²) in [6.07, 6.45) is -16.8. The van der Waals surface area contributed by atoms with E-state index in [1.54, 1.807) is 66.7 Å². The van der Waals surface area contributed by atoms with Crippen LogP contribution in [0.25, 0.3) is 11.2 Å². The molecule has 0 aliphatic carbocycles. The number of imidazole rings is 1. The lowest BCUT2D eigenvalue weighted by molar-refractivity contribution is -0.299. The normalized spacial score (nSPS) is 18.7. The number of fused-ring (bicyclic) bond motifs is 1. The summed E-state index contributed by atoms with van der Waals surface area (Å²) < 4.78 is 135. The van der Waals surface area contributed by atoms with Crippen molar-refractivity contribution in [3.05, 3.63) is 108 Å². The van der Waals surface area contributed by atoms with Gasteiger partial charge in [0.2, 0.25) is 0 Å². The number of anilines is 1. The van der Waals surface area contributed by atoms with Gasteiger partial charge in [0.05, 0.1) is 46.3 Å². The molecular formula is C47H54F6N7O9P. The topological polar surface area (TPSA) is 188 Å². The van der Waals surface area contributed by atoms with E-state index in [4.69, 9.17) is 43.2 Å². The third kappa shape index (κ3) is 12.0. The number of hydrogen-bond donors (Lipinski definition) is 1. The highest BCUT2D eigenvalue weighted by atomic mass is 31.2. The Morgan fingerprint density at radius 2 is 1.43 bits per heavy atom. The molecule has 23 heteroatoms. The number of hydrogen-bond acceptors (Lipinski definition) is 15. The summed E-state index contributed by atoms with van der Waals surface area (Å²) in [5.41, 5.74) is 6.29. The van der Waals surface area contributed by atoms with E-state index in [1.807, 2.05) is 50.6 Å². The summed E-state index contributed by atoms with van der Waals surface area (Å²) >= 11 is 0. The lowest BCUT2D eigenvalue weighted by Crippen LogP contribution is -2.50. The number of benzene rings is 3. The first kappa shape index (κ1) is 53.8. The SMILES string of the molecule is COc1ccc(C(OC(C(C)=O)[C@H]2O[C@@H](n3cnc4c(N)ncnc43)[C@H](OCOCC(C(F)(F)F)C(F)(F)F)[C@H]2OP(OCCC#N)N(C(C)C)C(C)C)(c2ccccc2)c2ccc(OC)cc2)cc1. The Hall–Kier alpha value is -5.50. The van der Waals surface area contributed by atoms with Gasteiger partial charge in [0.1, 0.15) is 60.2 Å². The molecule has 2 unspecified atom stereocenters. The van der Waals surface area contributed by atoms with Gasteiger partial charge in [-0.25, -0.2) is 19.6 Å². The number of nitrogen functional groups attached to an aromatic ring is 1. The van der Waals surface area contributed by atoms with Crippen LogP contribution < -0.4 is 15.2 Å². The quantitative estimate of drug-likeness (QED) is 0.0214. The van der Waals surface area contributed by atoms with Crippen molar-refractivity contribution in [2.24, 2.45) is 5.92 Å². The van der Waals surface area contributed by atoms with Crippen LogP contribution in [0.4, 0.5) is 32.2 Å². The maximum Gasteiger partial charge on any atom is 0.402 e. The van der Waals surface area contributed by atoms with Crippen molar-refractivity contribution in [2.45, 2.75) is 102 Å². The predicted molar refractivity (Wildman–Crippen MR) is 243 cm³/mol. The Kier molecular flexibility index (Phi) is 17.8. The summed E-state index contributed by atoms with van der Waals surface area (Å²) in [4.78, 5) is 27.4. The summed E-state index contributed by atoms with van der Waals surface area (Å²) in [7, 11) is 0.764. The highest BCUT2D eigenvalue weighted by Crippen LogP contribution is 2.53. The molecule has 1 fully saturated rings. The molecule has 0 amide bonds. The van der Waals surface area contributed by atoms with Gasteiger partial charge in [0.15, 0.2) is 29.4 Å². The molecule has 0 spiro atoms. The summed E-state index contributed by atoms with van der Waals surface area (Å²) in [6, 6.07) is 24.4. The molecule has 0 bridgehead atoms. The molecule has 6 rings (SSSR count). The molecule has 2 aromatic heterocycles. The molecule has 2 N–H and O–H groups in total. The maximum absolute atomic E-state index is 14.7. The van der Waals surface area contributed by atoms with Crippen LogP contribution in [0, 0.1) is 17.2 Å². The molecule has 70 heavy (non-hydrogen) atoms. The monoisotopic (exact) mass is 1010 g/mol. The Labute approximate surface area is 401 Å². The van der Waals surface area contributed by atoms with Gasteiger partial charge in [-0.1, -0.05) is 54.6 Å². The smallest absolute Gasteiger partial charge is 0.402 e. The highest BCUT2D eigenvalue weighted by Gasteiger charge is 2.58. The molecule has 1 saturated heterocycles. The number of alkyl halides is 6. The maximum atomic E-state index is 14.7. The zero-order chi connectivity index (χ0) is 51.0. The van der Waals surface area contributed by atoms with E-state index in [0.717, 1.165) is 6.33 Å². The van der Waals surface area contributed by atoms with Gasteiger partial charge >= 0.3 is 12.4 Å². The van der Waals surface area contributed by atoms with E-state index in [1.165, 1.54) is 32.0 Å². The minimum atomic E-state index is -5.71. The van der Waals surface area contributed by atoms with Crippen molar-refractivity contribution in [1.82, 2.24) is 24.2 Å². The predicted octanol–water partition coefficient (Wildman–Crippen LogP) is 9.05. The minimum Gasteiger partial charge on any atom is -0.497 e. The van der Waals surface area contributed by atoms with Gasteiger partial charge in [-0.05, 0) is 75.6 Å². The molecule has 378 valence electrons. The van der Waals surface area contributed by atoms with Crippen molar-refractivity contribution >= 4 is 31.3 Å². The van der Waals surface area contributed by atoms with Crippen LogP contribution in [0.5, 0.6) is 11.5 Å². The van der Waals surface area contributed by atoms with Gasteiger partial charge in [0.25, 0.3) is 8.53 Å². The van der Waals surface area contributed by atoms with E-state index in [-0.39, 0.29) is 42.1 Å². The van der Waals surface area contributed by atoms with E-state index in [9.17, 15) is 36.4 Å². The number of aromatic nitrogens is 4. The number of carbonyl (C=O) groups is 1. The summed E-state index contributed by atoms with van der Waals surface area (Å²) in [6.45, 7) is 5.63. The fraction of sp³-hybridized carbons (Fsp3) is 0.468. The molecule has 1 aliphatic heterocycles. The molecule has 16 nitrogen and oxygen atoms in total. The van der Waals surface area contributed by atoms with Crippen molar-refractivity contribution in [2.75, 3.05) is 40.0 Å². The van der Waals surface area contributed by atoms with Crippen molar-refractivity contribution < 1.29 is 68.6 Å². The van der Waals surface area contributed by atoms with Gasteiger partial charge in [-0.2, -0.15) is 31.6 Å². The number of halogens is 6. The minimum absolute atomic E-state index is 0.0345. The van der Waals surface area contributed by atoms with Gasteiger partial charge in [-0.3, -0.25) is 9.36 Å². The van der Waals surface area contributed by atoms with Crippen molar-refractivity contribution in [3.8, 4) is 17.6 Å². The van der Waals surface area contributed by atoms with Crippen LogP contribution in [-0.2, 0) is 38.4 Å². The molecule has 3 heterocycles. The van der Waals surface area contributed by atoms with E-state index >= 15 is 0 Å². The van der Waals surface area contributed by atoms with Crippen LogP contribution in [-0.4, -0.2) is 113 Å². The van der Waals surface area contributed by atoms with Crippen LogP contribution >= 0.6 is 8.53 Å². The number of ketones is 1. The van der Waals surface area contributed by atoms with E-state index in [0.29, 0.717) is 28.2 Å². The Balaban J connectivity index is 1.58. The second-order valence-corrected chi connectivity index (χ2v) is 18.0. The van der Waals surface area contributed by atoms with Crippen molar-refractivity contribution in [3.63, 3.8) is 0 Å². The van der Waals surface area contributed by atoms with Gasteiger partial charge < -0.3 is 43.2 Å². The van der Waals surface area contributed by atoms with Crippen LogP contribution in [0.1, 0.15) is 64.0 Å². The second kappa shape index (κ2) is 23.2. The number of rotatable bonds is 23. The first-order valence-electron chi connectivity index (χ1n) is 22.0. The summed E-state index contributed by atoms with van der Waals surface area (Å²) in [5.74, 6) is -3.45. The fourth-order valence-electron chi connectivity index (χ4n) is 8.15. The molecular weight excluding hydrogens is 952 g/mol. The van der Waals surface area contributed by atoms with Gasteiger partial charge in [-0.15, -0.1) is 0 Å². The third-order valence-electron chi connectivity index (χ3n) is 11.4. The zero-order valence-electron chi connectivity index (χ0n) is 39.3. The van der Waals surface area contributed by atoms with Crippen molar-refractivity contribution in [1.29, 1.82) is 5.26 Å². The highest BCUT2D eigenvalue weighted by molar-refractivity contribution is 7.44. The molecule has 0 saturated carbocycles. The molecule has 3 aromatic carbocycles. The molecule has 0 radical (unpaired) electrons. The zero-order valence-corrected chi connectivity index (χ0v) is 40.2. The van der Waals surface area contributed by atoms with Gasteiger partial charge in [0, 0.05) is 12.1 Å². The average Bonchev–Trinajstić information content (AvgIpc) is 3.90. The first-order valence-corrected chi connectivity index (χ1v) is 23.1. The number of nitriles is 1. The first-order chi connectivity index (χ1) is 33.3. The van der Waals surface area contributed by atoms with Crippen LogP contribution in [0.2, 0.25) is 0 Å². The van der Waals surface area contributed by atoms with E-state index < -0.39 is 82.2 Å².